The molecule has 0 aliphatic rings. The first kappa shape index (κ1) is 22.4. The van der Waals surface area contributed by atoms with Gasteiger partial charge in [-0.05, 0) is 0 Å². The van der Waals surface area contributed by atoms with Crippen LogP contribution in [0.25, 0.3) is 0 Å². The molecule has 0 radical (unpaired) electrons. The van der Waals surface area contributed by atoms with Crippen molar-refractivity contribution in [2.24, 2.45) is 0 Å². The number of hydrogen-bond donors (Lipinski definition) is 2. The molecule has 0 rings (SSSR count). The predicted octanol–water partition coefficient (Wildman–Crippen LogP) is -1.53. The summed E-state index contributed by atoms with van der Waals surface area (Å²) < 4.78 is 31.6. The van der Waals surface area contributed by atoms with Crippen LogP contribution in [-0.2, 0) is 10.4 Å². The first-order valence-electron chi connectivity index (χ1n) is 0.698. The molecule has 0 heterocycles. The van der Waals surface area contributed by atoms with E-state index in [1.807, 2.05) is 0 Å². The average molecular weight is 183 g/mol. The van der Waals surface area contributed by atoms with Crippen molar-refractivity contribution in [1.82, 2.24) is 0 Å². The van der Waals surface area contributed by atoms with Gasteiger partial charge in [-0.25, -0.2) is 0 Å². The molecule has 0 aromatic carbocycles. The maximum absolute atomic E-state index is 8.74. The van der Waals surface area contributed by atoms with Crippen molar-refractivity contribution in [2.45, 2.75) is 0 Å². The molecule has 0 amide bonds. The van der Waals surface area contributed by atoms with Crippen LogP contribution in [0.1, 0.15) is 0 Å². The van der Waals surface area contributed by atoms with E-state index >= 15 is 0 Å². The van der Waals surface area contributed by atoms with Gasteiger partial charge in [0, 0.05) is 0 Å². The summed E-state index contributed by atoms with van der Waals surface area (Å²) >= 11 is 0. The van der Waals surface area contributed by atoms with E-state index in [0.29, 0.717) is 0 Å². The van der Waals surface area contributed by atoms with Gasteiger partial charge >= 0.3 is 80.6 Å². The summed E-state index contributed by atoms with van der Waals surface area (Å²) in [6.45, 7) is 0. The molecule has 8 heteroatoms. The Morgan fingerprint density at radius 3 is 1.12 bits per heavy atom. The van der Waals surface area contributed by atoms with Crippen molar-refractivity contribution in [1.29, 1.82) is 0 Å². The van der Waals surface area contributed by atoms with Gasteiger partial charge in [-0.15, -0.1) is 12.4 Å². The van der Waals surface area contributed by atoms with Gasteiger partial charge in [0.15, 0.2) is 0 Å². The Labute approximate surface area is 108 Å². The third-order valence-electron chi connectivity index (χ3n) is 0. The molecule has 0 saturated heterocycles. The van der Waals surface area contributed by atoms with Gasteiger partial charge in [-0.3, -0.25) is 9.11 Å². The SMILES string of the molecule is Cl.O=S(=O)(O)O.[KH].[LiH]. The molecular weight excluding hydrogens is 178 g/mol. The standard InChI is InChI=1S/ClH.K.Li.H2O4S.2H/c;;;1-5(2,3)4;;/h1H;;;(H2,1,2,3,4);;. The zero-order valence-corrected chi connectivity index (χ0v) is 4.16. The van der Waals surface area contributed by atoms with E-state index in [2.05, 4.69) is 0 Å². The van der Waals surface area contributed by atoms with Crippen molar-refractivity contribution >= 4 is 93.1 Å². The van der Waals surface area contributed by atoms with E-state index in [0.717, 1.165) is 0 Å². The van der Waals surface area contributed by atoms with E-state index in [1.54, 1.807) is 0 Å². The fourth-order valence-electron chi connectivity index (χ4n) is 0. The van der Waals surface area contributed by atoms with Gasteiger partial charge in [0.05, 0.1) is 0 Å². The second-order valence-electron chi connectivity index (χ2n) is 0.448. The van der Waals surface area contributed by atoms with Crippen molar-refractivity contribution in [3.8, 4) is 0 Å². The van der Waals surface area contributed by atoms with Crippen LogP contribution in [0.2, 0.25) is 0 Å². The Morgan fingerprint density at radius 2 is 1.12 bits per heavy atom. The van der Waals surface area contributed by atoms with Crippen LogP contribution in [-0.4, -0.2) is 87.8 Å². The summed E-state index contributed by atoms with van der Waals surface area (Å²) in [6, 6.07) is 0. The fourth-order valence-corrected chi connectivity index (χ4v) is 0. The van der Waals surface area contributed by atoms with Crippen molar-refractivity contribution in [3.05, 3.63) is 0 Å². The molecule has 0 saturated carbocycles. The zero-order chi connectivity index (χ0) is 4.50. The average Bonchev–Trinajstić information content (AvgIpc) is 0.722. The molecule has 0 aromatic heterocycles. The van der Waals surface area contributed by atoms with Gasteiger partial charge in [0.25, 0.3) is 0 Å². The minimum absolute atomic E-state index is 0. The quantitative estimate of drug-likeness (QED) is 0.352. The van der Waals surface area contributed by atoms with Crippen LogP contribution in [0.15, 0.2) is 0 Å². The molecule has 0 fully saturated rings. The molecule has 0 aromatic rings. The first-order chi connectivity index (χ1) is 2.00. The molecule has 8 heavy (non-hydrogen) atoms. The third kappa shape index (κ3) is 80.1. The van der Waals surface area contributed by atoms with Crippen LogP contribution in [0, 0.1) is 0 Å². The summed E-state index contributed by atoms with van der Waals surface area (Å²) in [4.78, 5) is 0. The number of halogens is 1. The molecule has 0 aliphatic carbocycles. The van der Waals surface area contributed by atoms with Gasteiger partial charge in [0.1, 0.15) is 0 Å². The molecule has 2 N–H and O–H groups in total. The van der Waals surface area contributed by atoms with Crippen molar-refractivity contribution in [3.63, 3.8) is 0 Å². The maximum atomic E-state index is 8.74. The van der Waals surface area contributed by atoms with Crippen LogP contribution in [0.5, 0.6) is 0 Å². The summed E-state index contributed by atoms with van der Waals surface area (Å²) in [5.74, 6) is 0. The second kappa shape index (κ2) is 9.39. The molecule has 0 unspecified atom stereocenters. The Kier molecular flexibility index (Phi) is 26.3. The van der Waals surface area contributed by atoms with Gasteiger partial charge in [-0.2, -0.15) is 8.42 Å². The topological polar surface area (TPSA) is 74.6 Å². The van der Waals surface area contributed by atoms with Crippen LogP contribution in [0.3, 0.4) is 0 Å². The summed E-state index contributed by atoms with van der Waals surface area (Å²) in [5, 5.41) is 0. The summed E-state index contributed by atoms with van der Waals surface area (Å²) in [6.07, 6.45) is 0. The Hall–Kier alpha value is 2.39. The second-order valence-corrected chi connectivity index (χ2v) is 1.34. The molecule has 44 valence electrons. The van der Waals surface area contributed by atoms with E-state index < -0.39 is 10.4 Å². The van der Waals surface area contributed by atoms with Crippen LogP contribution < -0.4 is 0 Å². The monoisotopic (exact) mass is 182 g/mol. The summed E-state index contributed by atoms with van der Waals surface area (Å²) in [7, 11) is -4.67. The fraction of sp³-hybridized carbons (Fsp3) is 0. The van der Waals surface area contributed by atoms with Gasteiger partial charge in [-0.1, -0.05) is 0 Å². The van der Waals surface area contributed by atoms with E-state index in [4.69, 9.17) is 17.5 Å². The van der Waals surface area contributed by atoms with Gasteiger partial charge in [0.2, 0.25) is 0 Å². The van der Waals surface area contributed by atoms with E-state index in [9.17, 15) is 0 Å². The van der Waals surface area contributed by atoms with E-state index in [-0.39, 0.29) is 82.7 Å². The summed E-state index contributed by atoms with van der Waals surface area (Å²) in [5.41, 5.74) is 0. The van der Waals surface area contributed by atoms with Crippen LogP contribution in [0.4, 0.5) is 0 Å². The minimum atomic E-state index is -4.67. The molecule has 4 nitrogen and oxygen atoms in total. The number of rotatable bonds is 0. The number of hydrogen-bond acceptors (Lipinski definition) is 2. The predicted molar refractivity (Wildman–Crippen MR) is 35.7 cm³/mol. The van der Waals surface area contributed by atoms with Crippen molar-refractivity contribution in [2.75, 3.05) is 0 Å². The molecule has 0 aliphatic heterocycles. The Morgan fingerprint density at radius 1 is 1.12 bits per heavy atom. The Bertz CT molecular complexity index is 99.2. The molecule has 0 spiro atoms. The van der Waals surface area contributed by atoms with Crippen molar-refractivity contribution < 1.29 is 17.5 Å². The molecular formula is H5ClKLiO4S. The third-order valence-corrected chi connectivity index (χ3v) is 0. The normalized spacial score (nSPS) is 7.25. The first-order valence-corrected chi connectivity index (χ1v) is 2.10. The Balaban J connectivity index is -0.0000000267. The van der Waals surface area contributed by atoms with Gasteiger partial charge < -0.3 is 0 Å². The zero-order valence-electron chi connectivity index (χ0n) is 2.53. The van der Waals surface area contributed by atoms with E-state index in [1.165, 1.54) is 0 Å². The molecule has 0 atom stereocenters. The van der Waals surface area contributed by atoms with Crippen LogP contribution >= 0.6 is 12.4 Å². The molecule has 0 bridgehead atoms.